The van der Waals surface area contributed by atoms with Crippen molar-refractivity contribution in [1.82, 2.24) is 23.7 Å². The summed E-state index contributed by atoms with van der Waals surface area (Å²) in [6.45, 7) is 7.72. The average molecular weight is 450 g/mol. The Kier molecular flexibility index (Phi) is 7.72. The maximum atomic E-state index is 13.1. The number of hydrogen-bond acceptors (Lipinski definition) is 5. The number of benzene rings is 1. The van der Waals surface area contributed by atoms with Gasteiger partial charge in [0.2, 0.25) is 15.9 Å². The quantitative estimate of drug-likeness (QED) is 0.588. The summed E-state index contributed by atoms with van der Waals surface area (Å²) in [5, 5.41) is 0. The first-order chi connectivity index (χ1) is 14.8. The first-order valence-electron chi connectivity index (χ1n) is 11.2. The Balaban J connectivity index is 1.91. The summed E-state index contributed by atoms with van der Waals surface area (Å²) >= 11 is 0. The zero-order valence-electron chi connectivity index (χ0n) is 19.2. The van der Waals surface area contributed by atoms with Crippen molar-refractivity contribution in [3.05, 3.63) is 24.0 Å². The SMILES string of the molecule is CCCN(CC(=O)N(C)C)Cc1nc2cc(S(=O)(=O)N3CCCCC3)ccc2n1CC. The fraction of sp³-hybridized carbons (Fsp3) is 0.636. The van der Waals surface area contributed by atoms with E-state index in [2.05, 4.69) is 23.3 Å². The van der Waals surface area contributed by atoms with Gasteiger partial charge in [-0.15, -0.1) is 0 Å². The van der Waals surface area contributed by atoms with Crippen LogP contribution >= 0.6 is 0 Å². The summed E-state index contributed by atoms with van der Waals surface area (Å²) in [5.41, 5.74) is 1.61. The minimum absolute atomic E-state index is 0.0579. The van der Waals surface area contributed by atoms with Crippen molar-refractivity contribution in [3.8, 4) is 0 Å². The largest absolute Gasteiger partial charge is 0.348 e. The van der Waals surface area contributed by atoms with Gasteiger partial charge in [-0.1, -0.05) is 13.3 Å². The molecule has 1 amide bonds. The molecule has 0 aliphatic carbocycles. The van der Waals surface area contributed by atoms with E-state index in [1.807, 2.05) is 6.07 Å². The third kappa shape index (κ3) is 5.27. The van der Waals surface area contributed by atoms with E-state index in [9.17, 15) is 13.2 Å². The summed E-state index contributed by atoms with van der Waals surface area (Å²) in [6.07, 6.45) is 3.84. The van der Waals surface area contributed by atoms with Crippen LogP contribution in [-0.4, -0.2) is 78.3 Å². The number of likely N-dealkylation sites (N-methyl/N-ethyl adjacent to an activating group) is 1. The molecule has 3 rings (SSSR count). The summed E-state index contributed by atoms with van der Waals surface area (Å²) in [6, 6.07) is 5.26. The van der Waals surface area contributed by atoms with E-state index < -0.39 is 10.0 Å². The number of rotatable bonds is 9. The molecule has 172 valence electrons. The number of fused-ring (bicyclic) bond motifs is 1. The highest BCUT2D eigenvalue weighted by molar-refractivity contribution is 7.89. The van der Waals surface area contributed by atoms with Gasteiger partial charge in [-0.05, 0) is 50.9 Å². The highest BCUT2D eigenvalue weighted by Crippen LogP contribution is 2.25. The molecule has 1 aromatic carbocycles. The first kappa shape index (κ1) is 23.7. The number of carbonyl (C=O) groups excluding carboxylic acids is 1. The van der Waals surface area contributed by atoms with Crippen molar-refractivity contribution < 1.29 is 13.2 Å². The molecule has 2 aromatic rings. The zero-order chi connectivity index (χ0) is 22.6. The molecule has 9 heteroatoms. The molecule has 0 atom stereocenters. The highest BCUT2D eigenvalue weighted by atomic mass is 32.2. The lowest BCUT2D eigenvalue weighted by Crippen LogP contribution is -2.37. The van der Waals surface area contributed by atoms with Gasteiger partial charge in [-0.3, -0.25) is 9.69 Å². The predicted molar refractivity (Wildman–Crippen MR) is 122 cm³/mol. The highest BCUT2D eigenvalue weighted by Gasteiger charge is 2.27. The van der Waals surface area contributed by atoms with Crippen molar-refractivity contribution in [2.75, 3.05) is 40.3 Å². The Morgan fingerprint density at radius 2 is 1.84 bits per heavy atom. The van der Waals surface area contributed by atoms with Gasteiger partial charge in [0.1, 0.15) is 5.82 Å². The van der Waals surface area contributed by atoms with Crippen LogP contribution in [0.5, 0.6) is 0 Å². The third-order valence-electron chi connectivity index (χ3n) is 5.83. The number of hydrogen-bond donors (Lipinski definition) is 0. The van der Waals surface area contributed by atoms with Crippen molar-refractivity contribution in [2.45, 2.75) is 57.5 Å². The number of nitrogens with zero attached hydrogens (tertiary/aromatic N) is 5. The fourth-order valence-corrected chi connectivity index (χ4v) is 5.65. The molecule has 0 N–H and O–H groups in total. The normalized spacial score (nSPS) is 15.6. The third-order valence-corrected chi connectivity index (χ3v) is 7.72. The van der Waals surface area contributed by atoms with Crippen LogP contribution in [0.25, 0.3) is 11.0 Å². The predicted octanol–water partition coefficient (Wildman–Crippen LogP) is 2.53. The van der Waals surface area contributed by atoms with Crippen LogP contribution in [0.1, 0.15) is 45.4 Å². The molecule has 1 aliphatic rings. The van der Waals surface area contributed by atoms with Crippen molar-refractivity contribution in [3.63, 3.8) is 0 Å². The minimum atomic E-state index is -3.50. The van der Waals surface area contributed by atoms with E-state index in [4.69, 9.17) is 4.98 Å². The lowest BCUT2D eigenvalue weighted by molar-refractivity contribution is -0.130. The molecular formula is C22H35N5O3S. The van der Waals surface area contributed by atoms with Gasteiger partial charge < -0.3 is 9.47 Å². The molecule has 1 fully saturated rings. The van der Waals surface area contributed by atoms with Gasteiger partial charge in [-0.25, -0.2) is 13.4 Å². The number of imidazole rings is 1. The molecular weight excluding hydrogens is 414 g/mol. The van der Waals surface area contributed by atoms with Crippen LogP contribution in [0.3, 0.4) is 0 Å². The molecule has 8 nitrogen and oxygen atoms in total. The molecule has 1 aliphatic heterocycles. The Labute approximate surface area is 185 Å². The lowest BCUT2D eigenvalue weighted by atomic mass is 10.2. The number of carbonyl (C=O) groups is 1. The molecule has 1 aromatic heterocycles. The van der Waals surface area contributed by atoms with Crippen LogP contribution in [0.15, 0.2) is 23.1 Å². The summed E-state index contributed by atoms with van der Waals surface area (Å²) in [5.74, 6) is 0.910. The minimum Gasteiger partial charge on any atom is -0.348 e. The van der Waals surface area contributed by atoms with Crippen molar-refractivity contribution in [1.29, 1.82) is 0 Å². The summed E-state index contributed by atoms with van der Waals surface area (Å²) < 4.78 is 29.9. The van der Waals surface area contributed by atoms with Gasteiger partial charge in [-0.2, -0.15) is 4.31 Å². The zero-order valence-corrected chi connectivity index (χ0v) is 20.0. The second-order valence-electron chi connectivity index (χ2n) is 8.39. The van der Waals surface area contributed by atoms with E-state index in [1.54, 1.807) is 35.4 Å². The Hall–Kier alpha value is -1.97. The van der Waals surface area contributed by atoms with Crippen LogP contribution in [0.2, 0.25) is 0 Å². The smallest absolute Gasteiger partial charge is 0.243 e. The van der Waals surface area contributed by atoms with E-state index in [1.165, 1.54) is 0 Å². The van der Waals surface area contributed by atoms with Crippen LogP contribution in [0.4, 0.5) is 0 Å². The molecule has 0 spiro atoms. The maximum absolute atomic E-state index is 13.1. The van der Waals surface area contributed by atoms with E-state index in [-0.39, 0.29) is 5.91 Å². The van der Waals surface area contributed by atoms with Gasteiger partial charge in [0.25, 0.3) is 0 Å². The van der Waals surface area contributed by atoms with E-state index in [0.717, 1.165) is 50.1 Å². The van der Waals surface area contributed by atoms with Crippen molar-refractivity contribution >= 4 is 27.0 Å². The van der Waals surface area contributed by atoms with E-state index in [0.29, 0.717) is 36.6 Å². The molecule has 2 heterocycles. The summed E-state index contributed by atoms with van der Waals surface area (Å²) in [4.78, 5) is 21.0. The number of amides is 1. The van der Waals surface area contributed by atoms with Crippen LogP contribution in [-0.2, 0) is 27.9 Å². The van der Waals surface area contributed by atoms with E-state index >= 15 is 0 Å². The topological polar surface area (TPSA) is 78.8 Å². The van der Waals surface area contributed by atoms with Gasteiger partial charge >= 0.3 is 0 Å². The second kappa shape index (κ2) is 10.1. The number of sulfonamides is 1. The van der Waals surface area contributed by atoms with Crippen LogP contribution < -0.4 is 0 Å². The van der Waals surface area contributed by atoms with Gasteiger partial charge in [0.15, 0.2) is 0 Å². The number of piperidine rings is 1. The summed E-state index contributed by atoms with van der Waals surface area (Å²) in [7, 11) is 0.0265. The lowest BCUT2D eigenvalue weighted by Gasteiger charge is -2.25. The molecule has 31 heavy (non-hydrogen) atoms. The van der Waals surface area contributed by atoms with Crippen molar-refractivity contribution in [2.24, 2.45) is 0 Å². The molecule has 1 saturated heterocycles. The molecule has 0 radical (unpaired) electrons. The average Bonchev–Trinajstić information content (AvgIpc) is 3.10. The fourth-order valence-electron chi connectivity index (χ4n) is 4.11. The first-order valence-corrected chi connectivity index (χ1v) is 12.6. The van der Waals surface area contributed by atoms with Crippen LogP contribution in [0, 0.1) is 0 Å². The monoisotopic (exact) mass is 449 g/mol. The Morgan fingerprint density at radius 1 is 1.13 bits per heavy atom. The number of aromatic nitrogens is 2. The standard InChI is InChI=1S/C22H35N5O3S/c1-5-12-25(17-22(28)24(3)4)16-21-23-19-15-18(10-11-20(19)27(21)6-2)31(29,30)26-13-8-7-9-14-26/h10-11,15H,5-9,12-14,16-17H2,1-4H3. The molecule has 0 unspecified atom stereocenters. The Bertz CT molecular complexity index is 1010. The second-order valence-corrected chi connectivity index (χ2v) is 10.3. The van der Waals surface area contributed by atoms with Gasteiger partial charge in [0.05, 0.1) is 29.0 Å². The maximum Gasteiger partial charge on any atom is 0.243 e. The Morgan fingerprint density at radius 3 is 2.45 bits per heavy atom. The molecule has 0 saturated carbocycles. The van der Waals surface area contributed by atoms with Gasteiger partial charge in [0, 0.05) is 33.7 Å². The molecule has 0 bridgehead atoms. The number of aryl methyl sites for hydroxylation is 1.